The Hall–Kier alpha value is -2.67. The van der Waals surface area contributed by atoms with Crippen LogP contribution < -0.4 is 5.73 Å². The van der Waals surface area contributed by atoms with Gasteiger partial charge in [0, 0.05) is 19.5 Å². The van der Waals surface area contributed by atoms with Gasteiger partial charge in [0.1, 0.15) is 0 Å². The van der Waals surface area contributed by atoms with Crippen LogP contribution >= 0.6 is 0 Å². The van der Waals surface area contributed by atoms with E-state index in [1.165, 1.54) is 12.1 Å². The number of hydrogen-bond acceptors (Lipinski definition) is 4. The maximum Gasteiger partial charge on any atom is 0.227 e. The largest absolute Gasteiger partial charge is 0.370 e. The quantitative estimate of drug-likeness (QED) is 0.710. The van der Waals surface area contributed by atoms with Crippen molar-refractivity contribution in [1.82, 2.24) is 4.90 Å². The number of nitrogens with zero attached hydrogens (tertiary/aromatic N) is 1. The number of nitrogens with two attached hydrogens (primary N) is 1. The first-order chi connectivity index (χ1) is 12.8. The number of amides is 2. The molecule has 0 fully saturated rings. The van der Waals surface area contributed by atoms with Gasteiger partial charge >= 0.3 is 0 Å². The summed E-state index contributed by atoms with van der Waals surface area (Å²) in [5, 5.41) is 0. The fourth-order valence-electron chi connectivity index (χ4n) is 2.61. The van der Waals surface area contributed by atoms with E-state index < -0.39 is 15.7 Å². The van der Waals surface area contributed by atoms with Gasteiger partial charge in [-0.2, -0.15) is 0 Å². The maximum atomic E-state index is 12.7. The summed E-state index contributed by atoms with van der Waals surface area (Å²) in [5.41, 5.74) is 6.90. The first kappa shape index (κ1) is 20.6. The van der Waals surface area contributed by atoms with Crippen LogP contribution in [0.1, 0.15) is 24.5 Å². The average Bonchev–Trinajstić information content (AvgIpc) is 2.66. The van der Waals surface area contributed by atoms with E-state index in [0.29, 0.717) is 12.1 Å². The van der Waals surface area contributed by atoms with E-state index in [4.69, 9.17) is 5.73 Å². The highest BCUT2D eigenvalue weighted by Crippen LogP contribution is 2.14. The van der Waals surface area contributed by atoms with E-state index in [-0.39, 0.29) is 35.9 Å². The van der Waals surface area contributed by atoms with E-state index in [1.807, 2.05) is 30.3 Å². The number of primary amides is 1. The zero-order valence-corrected chi connectivity index (χ0v) is 16.1. The summed E-state index contributed by atoms with van der Waals surface area (Å²) >= 11 is 0. The molecule has 0 unspecified atom stereocenters. The number of carbonyl (C=O) groups is 2. The van der Waals surface area contributed by atoms with Crippen molar-refractivity contribution in [3.8, 4) is 0 Å². The molecule has 0 heterocycles. The molecule has 0 radical (unpaired) electrons. The number of rotatable bonds is 9. The Morgan fingerprint density at radius 2 is 1.59 bits per heavy atom. The molecule has 2 rings (SSSR count). The predicted octanol–water partition coefficient (Wildman–Crippen LogP) is 1.93. The van der Waals surface area contributed by atoms with Crippen LogP contribution in [-0.2, 0) is 32.4 Å². The summed E-state index contributed by atoms with van der Waals surface area (Å²) in [4.78, 5) is 25.7. The molecular weight excluding hydrogens is 364 g/mol. The van der Waals surface area contributed by atoms with Crippen LogP contribution in [0.4, 0.5) is 0 Å². The molecule has 2 amide bonds. The zero-order valence-electron chi connectivity index (χ0n) is 15.3. The van der Waals surface area contributed by atoms with Gasteiger partial charge in [0.05, 0.1) is 17.1 Å². The maximum absolute atomic E-state index is 12.7. The Morgan fingerprint density at radius 3 is 2.15 bits per heavy atom. The van der Waals surface area contributed by atoms with E-state index in [9.17, 15) is 18.0 Å². The van der Waals surface area contributed by atoms with E-state index in [1.54, 1.807) is 24.0 Å². The summed E-state index contributed by atoms with van der Waals surface area (Å²) in [7, 11) is -3.27. The normalized spacial score (nSPS) is 11.1. The molecule has 0 spiro atoms. The Kier molecular flexibility index (Phi) is 7.12. The van der Waals surface area contributed by atoms with E-state index >= 15 is 0 Å². The summed E-state index contributed by atoms with van der Waals surface area (Å²) in [6.07, 6.45) is 0.213. The Bertz CT molecular complexity index is 878. The van der Waals surface area contributed by atoms with Gasteiger partial charge in [-0.15, -0.1) is 0 Å². The van der Waals surface area contributed by atoms with Crippen LogP contribution in [0.25, 0.3) is 0 Å². The van der Waals surface area contributed by atoms with Crippen molar-refractivity contribution in [3.05, 3.63) is 65.7 Å². The lowest BCUT2D eigenvalue weighted by Crippen LogP contribution is -2.34. The van der Waals surface area contributed by atoms with Gasteiger partial charge in [0.25, 0.3) is 0 Å². The first-order valence-electron chi connectivity index (χ1n) is 8.73. The molecule has 2 aromatic rings. The molecule has 0 aliphatic carbocycles. The van der Waals surface area contributed by atoms with E-state index in [0.717, 1.165) is 5.56 Å². The fourth-order valence-corrected chi connectivity index (χ4v) is 3.49. The van der Waals surface area contributed by atoms with Crippen molar-refractivity contribution in [2.24, 2.45) is 5.73 Å². The highest BCUT2D eigenvalue weighted by molar-refractivity contribution is 7.91. The lowest BCUT2D eigenvalue weighted by Gasteiger charge is -2.22. The minimum Gasteiger partial charge on any atom is -0.370 e. The second-order valence-corrected chi connectivity index (χ2v) is 8.52. The standard InChI is InChI=1S/C20H24N2O4S/c1-2-27(25,26)18-10-8-16(9-11-18)14-20(24)22(13-12-19(21)23)15-17-6-4-3-5-7-17/h3-11H,2,12-15H2,1H3,(H2,21,23). The summed E-state index contributed by atoms with van der Waals surface area (Å²) in [5.74, 6) is -0.579. The van der Waals surface area contributed by atoms with E-state index in [2.05, 4.69) is 0 Å². The van der Waals surface area contributed by atoms with Crippen molar-refractivity contribution in [1.29, 1.82) is 0 Å². The first-order valence-corrected chi connectivity index (χ1v) is 10.4. The molecule has 0 aliphatic heterocycles. The minimum absolute atomic E-state index is 0.0310. The highest BCUT2D eigenvalue weighted by atomic mass is 32.2. The lowest BCUT2D eigenvalue weighted by atomic mass is 10.1. The summed E-state index contributed by atoms with van der Waals surface area (Å²) < 4.78 is 23.8. The molecule has 144 valence electrons. The van der Waals surface area contributed by atoms with Gasteiger partial charge in [-0.25, -0.2) is 8.42 Å². The van der Waals surface area contributed by atoms with Gasteiger partial charge < -0.3 is 10.6 Å². The molecule has 0 aliphatic rings. The monoisotopic (exact) mass is 388 g/mol. The van der Waals surface area contributed by atoms with Crippen molar-refractivity contribution in [2.75, 3.05) is 12.3 Å². The topological polar surface area (TPSA) is 97.5 Å². The highest BCUT2D eigenvalue weighted by Gasteiger charge is 2.16. The van der Waals surface area contributed by atoms with Crippen LogP contribution in [0, 0.1) is 0 Å². The second kappa shape index (κ2) is 9.32. The van der Waals surface area contributed by atoms with Gasteiger partial charge in [-0.1, -0.05) is 49.4 Å². The third-order valence-corrected chi connectivity index (χ3v) is 5.97. The smallest absolute Gasteiger partial charge is 0.227 e. The number of carbonyl (C=O) groups excluding carboxylic acids is 2. The molecule has 0 atom stereocenters. The number of hydrogen-bond donors (Lipinski definition) is 1. The van der Waals surface area contributed by atoms with Crippen molar-refractivity contribution < 1.29 is 18.0 Å². The molecule has 0 saturated heterocycles. The fraction of sp³-hybridized carbons (Fsp3) is 0.300. The SMILES string of the molecule is CCS(=O)(=O)c1ccc(CC(=O)N(CCC(N)=O)Cc2ccccc2)cc1. The third kappa shape index (κ3) is 6.21. The van der Waals surface area contributed by atoms with Crippen LogP contribution in [0.15, 0.2) is 59.5 Å². The molecule has 0 bridgehead atoms. The lowest BCUT2D eigenvalue weighted by molar-refractivity contribution is -0.131. The van der Waals surface area contributed by atoms with Crippen LogP contribution in [0.2, 0.25) is 0 Å². The van der Waals surface area contributed by atoms with Crippen LogP contribution in [-0.4, -0.2) is 37.4 Å². The van der Waals surface area contributed by atoms with Crippen LogP contribution in [0.5, 0.6) is 0 Å². The molecule has 27 heavy (non-hydrogen) atoms. The van der Waals surface area contributed by atoms with Gasteiger partial charge in [-0.05, 0) is 23.3 Å². The molecule has 6 nitrogen and oxygen atoms in total. The molecule has 2 aromatic carbocycles. The van der Waals surface area contributed by atoms with Gasteiger partial charge in [0.2, 0.25) is 11.8 Å². The Labute approximate surface area is 159 Å². The minimum atomic E-state index is -3.27. The zero-order chi connectivity index (χ0) is 19.9. The predicted molar refractivity (Wildman–Crippen MR) is 104 cm³/mol. The number of sulfone groups is 1. The van der Waals surface area contributed by atoms with Crippen LogP contribution in [0.3, 0.4) is 0 Å². The van der Waals surface area contributed by atoms with Crippen molar-refractivity contribution >= 4 is 21.7 Å². The Morgan fingerprint density at radius 1 is 0.963 bits per heavy atom. The molecule has 0 aromatic heterocycles. The summed E-state index contributed by atoms with van der Waals surface area (Å²) in [6.45, 7) is 2.22. The third-order valence-electron chi connectivity index (χ3n) is 4.21. The molecule has 7 heteroatoms. The van der Waals surface area contributed by atoms with Gasteiger partial charge in [0.15, 0.2) is 9.84 Å². The van der Waals surface area contributed by atoms with Crippen molar-refractivity contribution in [3.63, 3.8) is 0 Å². The molecular formula is C20H24N2O4S. The number of benzene rings is 2. The van der Waals surface area contributed by atoms with Crippen molar-refractivity contribution in [2.45, 2.75) is 31.2 Å². The average molecular weight is 388 g/mol. The summed E-state index contributed by atoms with van der Waals surface area (Å²) in [6, 6.07) is 15.8. The Balaban J connectivity index is 2.11. The second-order valence-electron chi connectivity index (χ2n) is 6.24. The molecule has 0 saturated carbocycles. The molecule has 2 N–H and O–H groups in total. The van der Waals surface area contributed by atoms with Gasteiger partial charge in [-0.3, -0.25) is 9.59 Å².